The van der Waals surface area contributed by atoms with E-state index in [0.29, 0.717) is 17.1 Å². The maximum Gasteiger partial charge on any atom is 0.387 e. The minimum absolute atomic E-state index is 0.0714. The number of hydrogen-bond acceptors (Lipinski definition) is 6. The van der Waals surface area contributed by atoms with E-state index in [4.69, 9.17) is 14.2 Å². The molecule has 0 amide bonds. The summed E-state index contributed by atoms with van der Waals surface area (Å²) < 4.78 is 44.0. The molecular weight excluding hydrogens is 386 g/mol. The second kappa shape index (κ2) is 10.2. The number of rotatable bonds is 9. The van der Waals surface area contributed by atoms with E-state index < -0.39 is 24.5 Å². The zero-order valence-corrected chi connectivity index (χ0v) is 16.1. The van der Waals surface area contributed by atoms with Crippen molar-refractivity contribution in [3.8, 4) is 17.2 Å². The van der Waals surface area contributed by atoms with Gasteiger partial charge in [0.15, 0.2) is 6.10 Å². The lowest BCUT2D eigenvalue weighted by molar-refractivity contribution is -0.140. The Bertz CT molecular complexity index is 855. The number of carbonyl (C=O) groups excluding carboxylic acids is 2. The Morgan fingerprint density at radius 1 is 0.931 bits per heavy atom. The van der Waals surface area contributed by atoms with Gasteiger partial charge in [-0.3, -0.25) is 4.79 Å². The molecule has 2 aromatic rings. The summed E-state index contributed by atoms with van der Waals surface area (Å²) in [6, 6.07) is 10.2. The molecule has 0 spiro atoms. The quantitative estimate of drug-likeness (QED) is 0.354. The van der Waals surface area contributed by atoms with E-state index >= 15 is 0 Å². The van der Waals surface area contributed by atoms with Gasteiger partial charge in [0.25, 0.3) is 0 Å². The number of hydrogen-bond donors (Lipinski definition) is 0. The van der Waals surface area contributed by atoms with Crippen LogP contribution in [0, 0.1) is 0 Å². The minimum atomic E-state index is -2.95. The number of ketones is 1. The number of methoxy groups -OCH3 is 2. The van der Waals surface area contributed by atoms with Gasteiger partial charge in [0.1, 0.15) is 17.2 Å². The van der Waals surface area contributed by atoms with Gasteiger partial charge in [0.2, 0.25) is 5.78 Å². The molecule has 0 radical (unpaired) electrons. The monoisotopic (exact) mass is 406 g/mol. The molecule has 0 heterocycles. The highest BCUT2D eigenvalue weighted by Gasteiger charge is 2.19. The van der Waals surface area contributed by atoms with Gasteiger partial charge in [-0.2, -0.15) is 8.78 Å². The maximum absolute atomic E-state index is 12.3. The van der Waals surface area contributed by atoms with E-state index in [1.807, 2.05) is 0 Å². The number of halogens is 2. The Hall–Kier alpha value is -3.42. The summed E-state index contributed by atoms with van der Waals surface area (Å²) in [5.74, 6) is -0.151. The first kappa shape index (κ1) is 21.9. The molecule has 6 nitrogen and oxygen atoms in total. The van der Waals surface area contributed by atoms with Crippen molar-refractivity contribution in [3.63, 3.8) is 0 Å². The van der Waals surface area contributed by atoms with Crippen LogP contribution in [-0.2, 0) is 9.53 Å². The fourth-order valence-electron chi connectivity index (χ4n) is 2.39. The Labute approximate surface area is 166 Å². The molecule has 2 aromatic carbocycles. The van der Waals surface area contributed by atoms with Crippen molar-refractivity contribution >= 4 is 17.8 Å². The lowest BCUT2D eigenvalue weighted by Gasteiger charge is -2.11. The molecule has 0 bridgehead atoms. The predicted octanol–water partition coefficient (Wildman–Crippen LogP) is 4.13. The SMILES string of the molecule is COc1cc(/C=C/C(=O)O[C@H](C)C(=O)c2ccc(OC(F)F)cc2)cc(OC)c1. The van der Waals surface area contributed by atoms with Crippen LogP contribution in [0.3, 0.4) is 0 Å². The fourth-order valence-corrected chi connectivity index (χ4v) is 2.39. The maximum atomic E-state index is 12.3. The Kier molecular flexibility index (Phi) is 7.70. The highest BCUT2D eigenvalue weighted by Crippen LogP contribution is 2.23. The van der Waals surface area contributed by atoms with Gasteiger partial charge < -0.3 is 18.9 Å². The van der Waals surface area contributed by atoms with Crippen LogP contribution in [0.2, 0.25) is 0 Å². The topological polar surface area (TPSA) is 71.1 Å². The third kappa shape index (κ3) is 6.60. The van der Waals surface area contributed by atoms with Crippen molar-refractivity contribution < 1.29 is 37.3 Å². The first-order valence-corrected chi connectivity index (χ1v) is 8.53. The minimum Gasteiger partial charge on any atom is -0.497 e. The third-order valence-corrected chi connectivity index (χ3v) is 3.81. The van der Waals surface area contributed by atoms with E-state index in [-0.39, 0.29) is 11.3 Å². The van der Waals surface area contributed by atoms with Crippen molar-refractivity contribution in [2.75, 3.05) is 14.2 Å². The van der Waals surface area contributed by atoms with Gasteiger partial charge in [0.05, 0.1) is 14.2 Å². The van der Waals surface area contributed by atoms with Crippen LogP contribution in [-0.4, -0.2) is 38.7 Å². The van der Waals surface area contributed by atoms with Crippen molar-refractivity contribution in [1.29, 1.82) is 0 Å². The summed E-state index contributed by atoms with van der Waals surface area (Å²) >= 11 is 0. The molecule has 0 N–H and O–H groups in total. The van der Waals surface area contributed by atoms with Crippen LogP contribution in [0.4, 0.5) is 8.78 Å². The highest BCUT2D eigenvalue weighted by molar-refractivity contribution is 6.01. The summed E-state index contributed by atoms with van der Waals surface area (Å²) in [5, 5.41) is 0. The largest absolute Gasteiger partial charge is 0.497 e. The van der Waals surface area contributed by atoms with E-state index in [0.717, 1.165) is 0 Å². The molecule has 1 atom stereocenters. The third-order valence-electron chi connectivity index (χ3n) is 3.81. The summed E-state index contributed by atoms with van der Waals surface area (Å²) in [5.41, 5.74) is 0.847. The number of ether oxygens (including phenoxy) is 4. The van der Waals surface area contributed by atoms with Gasteiger partial charge in [-0.25, -0.2) is 4.79 Å². The van der Waals surface area contributed by atoms with Crippen LogP contribution in [0.25, 0.3) is 6.08 Å². The molecule has 0 aliphatic rings. The molecular formula is C21H20F2O6. The lowest BCUT2D eigenvalue weighted by atomic mass is 10.1. The van der Waals surface area contributed by atoms with E-state index in [1.165, 1.54) is 57.6 Å². The van der Waals surface area contributed by atoms with Crippen LogP contribution in [0.5, 0.6) is 17.2 Å². The number of alkyl halides is 2. The van der Waals surface area contributed by atoms with Crippen molar-refractivity contribution in [1.82, 2.24) is 0 Å². The lowest BCUT2D eigenvalue weighted by Crippen LogP contribution is -2.23. The molecule has 8 heteroatoms. The fraction of sp³-hybridized carbons (Fsp3) is 0.238. The summed E-state index contributed by atoms with van der Waals surface area (Å²) in [6.07, 6.45) is 1.62. The van der Waals surface area contributed by atoms with E-state index in [9.17, 15) is 18.4 Å². The van der Waals surface area contributed by atoms with Crippen LogP contribution in [0.1, 0.15) is 22.8 Å². The number of benzene rings is 2. The Morgan fingerprint density at radius 2 is 1.52 bits per heavy atom. The average molecular weight is 406 g/mol. The second-order valence-electron chi connectivity index (χ2n) is 5.83. The molecule has 0 aromatic heterocycles. The normalized spacial score (nSPS) is 11.9. The molecule has 0 saturated carbocycles. The molecule has 0 aliphatic carbocycles. The molecule has 29 heavy (non-hydrogen) atoms. The molecule has 0 fully saturated rings. The number of carbonyl (C=O) groups is 2. The van der Waals surface area contributed by atoms with Gasteiger partial charge in [-0.05, 0) is 55.0 Å². The predicted molar refractivity (Wildman–Crippen MR) is 102 cm³/mol. The first-order chi connectivity index (χ1) is 13.8. The summed E-state index contributed by atoms with van der Waals surface area (Å²) in [7, 11) is 3.02. The Balaban J connectivity index is 1.99. The zero-order valence-electron chi connectivity index (χ0n) is 16.1. The standard InChI is InChI=1S/C21H20F2O6/c1-13(20(25)15-5-7-16(8-6-15)29-21(22)23)28-19(24)9-4-14-10-17(26-2)12-18(11-14)27-3/h4-13,21H,1-3H3/b9-4+/t13-/m1/s1. The summed E-state index contributed by atoms with van der Waals surface area (Å²) in [4.78, 5) is 24.4. The van der Waals surface area contributed by atoms with Crippen LogP contribution < -0.4 is 14.2 Å². The van der Waals surface area contributed by atoms with Crippen molar-refractivity contribution in [2.24, 2.45) is 0 Å². The zero-order chi connectivity index (χ0) is 21.4. The first-order valence-electron chi connectivity index (χ1n) is 8.53. The molecule has 154 valence electrons. The van der Waals surface area contributed by atoms with Crippen molar-refractivity contribution in [3.05, 3.63) is 59.7 Å². The molecule has 0 saturated heterocycles. The Morgan fingerprint density at radius 3 is 2.03 bits per heavy atom. The van der Waals surface area contributed by atoms with E-state index in [2.05, 4.69) is 4.74 Å². The highest BCUT2D eigenvalue weighted by atomic mass is 19.3. The smallest absolute Gasteiger partial charge is 0.387 e. The van der Waals surface area contributed by atoms with Gasteiger partial charge in [0, 0.05) is 17.7 Å². The second-order valence-corrected chi connectivity index (χ2v) is 5.83. The number of Topliss-reactive ketones (excluding diaryl/α,β-unsaturated/α-hetero) is 1. The molecule has 2 rings (SSSR count). The van der Waals surface area contributed by atoms with Gasteiger partial charge in [-0.1, -0.05) is 0 Å². The molecule has 0 aliphatic heterocycles. The number of esters is 1. The van der Waals surface area contributed by atoms with Crippen molar-refractivity contribution in [2.45, 2.75) is 19.6 Å². The van der Waals surface area contributed by atoms with Gasteiger partial charge in [-0.15, -0.1) is 0 Å². The van der Waals surface area contributed by atoms with Crippen LogP contribution >= 0.6 is 0 Å². The van der Waals surface area contributed by atoms with Gasteiger partial charge >= 0.3 is 12.6 Å². The van der Waals surface area contributed by atoms with Crippen LogP contribution in [0.15, 0.2) is 48.5 Å². The molecule has 0 unspecified atom stereocenters. The summed E-state index contributed by atoms with van der Waals surface area (Å²) in [6.45, 7) is -1.53. The average Bonchev–Trinajstić information content (AvgIpc) is 2.71. The van der Waals surface area contributed by atoms with E-state index in [1.54, 1.807) is 18.2 Å².